The third kappa shape index (κ3) is 1.56. The van der Waals surface area contributed by atoms with Gasteiger partial charge in [-0.2, -0.15) is 0 Å². The highest BCUT2D eigenvalue weighted by atomic mass is 16.2. The van der Waals surface area contributed by atoms with Crippen molar-refractivity contribution in [2.75, 3.05) is 0 Å². The fraction of sp³-hybridized carbons (Fsp3) is 0.333. The van der Waals surface area contributed by atoms with Crippen LogP contribution in [-0.2, 0) is 4.79 Å². The summed E-state index contributed by atoms with van der Waals surface area (Å²) in [6.07, 6.45) is 2.51. The van der Waals surface area contributed by atoms with Crippen molar-refractivity contribution >= 4 is 11.9 Å². The van der Waals surface area contributed by atoms with E-state index in [1.54, 1.807) is 0 Å². The van der Waals surface area contributed by atoms with Gasteiger partial charge in [0.1, 0.15) is 0 Å². The molecule has 1 atom stereocenters. The Balaban J connectivity index is 1.93. The molecule has 1 saturated carbocycles. The third-order valence-corrected chi connectivity index (χ3v) is 3.04. The minimum absolute atomic E-state index is 0.134. The van der Waals surface area contributed by atoms with E-state index in [2.05, 4.69) is 22.4 Å². The van der Waals surface area contributed by atoms with Gasteiger partial charge in [0.15, 0.2) is 12.0 Å². The molecule has 1 amide bonds. The van der Waals surface area contributed by atoms with Gasteiger partial charge >= 0.3 is 0 Å². The summed E-state index contributed by atoms with van der Waals surface area (Å²) in [5.41, 5.74) is 7.72. The summed E-state index contributed by atoms with van der Waals surface area (Å²) < 4.78 is 0. The quantitative estimate of drug-likeness (QED) is 0.774. The SMILES string of the molecule is NC1=NC(c2cccc(C3CC3)c2)C(=O)N1. The molecule has 1 aromatic carbocycles. The molecule has 1 aliphatic carbocycles. The zero-order chi connectivity index (χ0) is 11.1. The third-order valence-electron chi connectivity index (χ3n) is 3.04. The summed E-state index contributed by atoms with van der Waals surface area (Å²) in [6, 6.07) is 7.64. The zero-order valence-corrected chi connectivity index (χ0v) is 8.81. The summed E-state index contributed by atoms with van der Waals surface area (Å²) >= 11 is 0. The Morgan fingerprint density at radius 2 is 2.06 bits per heavy atom. The van der Waals surface area contributed by atoms with E-state index in [1.165, 1.54) is 18.4 Å². The van der Waals surface area contributed by atoms with Crippen molar-refractivity contribution < 1.29 is 4.79 Å². The number of amides is 1. The lowest BCUT2D eigenvalue weighted by Gasteiger charge is -2.06. The average Bonchev–Trinajstić information content (AvgIpc) is 3.05. The molecule has 0 bridgehead atoms. The van der Waals surface area contributed by atoms with E-state index >= 15 is 0 Å². The van der Waals surface area contributed by atoms with Gasteiger partial charge in [-0.05, 0) is 29.9 Å². The highest BCUT2D eigenvalue weighted by Crippen LogP contribution is 2.40. The molecular formula is C12H13N3O. The number of guanidine groups is 1. The Labute approximate surface area is 93.6 Å². The molecule has 0 radical (unpaired) electrons. The molecule has 4 nitrogen and oxygen atoms in total. The maximum Gasteiger partial charge on any atom is 0.256 e. The van der Waals surface area contributed by atoms with Gasteiger partial charge in [-0.3, -0.25) is 10.1 Å². The first-order chi connectivity index (χ1) is 7.74. The van der Waals surface area contributed by atoms with Gasteiger partial charge in [-0.15, -0.1) is 0 Å². The maximum atomic E-state index is 11.6. The summed E-state index contributed by atoms with van der Waals surface area (Å²) in [5, 5.41) is 2.52. The van der Waals surface area contributed by atoms with E-state index in [-0.39, 0.29) is 11.9 Å². The molecule has 1 aromatic rings. The van der Waals surface area contributed by atoms with E-state index in [1.807, 2.05) is 12.1 Å². The normalized spacial score (nSPS) is 24.1. The van der Waals surface area contributed by atoms with Crippen LogP contribution < -0.4 is 11.1 Å². The average molecular weight is 215 g/mol. The van der Waals surface area contributed by atoms with Crippen LogP contribution in [-0.4, -0.2) is 11.9 Å². The van der Waals surface area contributed by atoms with Crippen molar-refractivity contribution in [3.63, 3.8) is 0 Å². The predicted molar refractivity (Wildman–Crippen MR) is 60.9 cm³/mol. The number of aliphatic imine (C=N–C) groups is 1. The number of hydrogen-bond acceptors (Lipinski definition) is 3. The Kier molecular flexibility index (Phi) is 1.96. The van der Waals surface area contributed by atoms with E-state index < -0.39 is 6.04 Å². The van der Waals surface area contributed by atoms with Crippen LogP contribution in [0.25, 0.3) is 0 Å². The lowest BCUT2D eigenvalue weighted by Crippen LogP contribution is -2.31. The number of rotatable bonds is 2. The zero-order valence-electron chi connectivity index (χ0n) is 8.81. The summed E-state index contributed by atoms with van der Waals surface area (Å²) in [4.78, 5) is 15.7. The largest absolute Gasteiger partial charge is 0.370 e. The summed E-state index contributed by atoms with van der Waals surface area (Å²) in [6.45, 7) is 0. The molecule has 1 fully saturated rings. The van der Waals surface area contributed by atoms with Crippen LogP contribution in [0, 0.1) is 0 Å². The Morgan fingerprint density at radius 3 is 2.69 bits per heavy atom. The van der Waals surface area contributed by atoms with Gasteiger partial charge in [0.05, 0.1) is 0 Å². The van der Waals surface area contributed by atoms with Crippen molar-refractivity contribution in [1.29, 1.82) is 0 Å². The molecule has 1 aliphatic heterocycles. The first kappa shape index (κ1) is 9.39. The lowest BCUT2D eigenvalue weighted by atomic mass is 10.0. The molecule has 3 rings (SSSR count). The topological polar surface area (TPSA) is 67.5 Å². The standard InChI is InChI=1S/C12H13N3O/c13-12-14-10(11(16)15-12)9-3-1-2-8(6-9)7-4-5-7/h1-3,6-7,10H,4-5H2,(H3,13,14,15,16). The van der Waals surface area contributed by atoms with Crippen LogP contribution in [0.4, 0.5) is 0 Å². The maximum absolute atomic E-state index is 11.6. The van der Waals surface area contributed by atoms with Crippen LogP contribution in [0.2, 0.25) is 0 Å². The van der Waals surface area contributed by atoms with E-state index in [0.717, 1.165) is 5.56 Å². The molecule has 3 N–H and O–H groups in total. The Hall–Kier alpha value is -1.84. The molecule has 0 spiro atoms. The summed E-state index contributed by atoms with van der Waals surface area (Å²) in [7, 11) is 0. The molecular weight excluding hydrogens is 202 g/mol. The van der Waals surface area contributed by atoms with Crippen molar-refractivity contribution in [1.82, 2.24) is 5.32 Å². The number of nitrogens with two attached hydrogens (primary N) is 1. The molecule has 0 aromatic heterocycles. The van der Waals surface area contributed by atoms with Gasteiger partial charge in [0.2, 0.25) is 0 Å². The van der Waals surface area contributed by atoms with Crippen molar-refractivity contribution in [2.24, 2.45) is 10.7 Å². The number of nitrogens with one attached hydrogen (secondary N) is 1. The molecule has 1 heterocycles. The van der Waals surface area contributed by atoms with E-state index in [0.29, 0.717) is 5.92 Å². The Morgan fingerprint density at radius 1 is 1.31 bits per heavy atom. The number of benzene rings is 1. The monoisotopic (exact) mass is 215 g/mol. The van der Waals surface area contributed by atoms with Gasteiger partial charge in [-0.1, -0.05) is 24.3 Å². The van der Waals surface area contributed by atoms with Gasteiger partial charge in [-0.25, -0.2) is 4.99 Å². The molecule has 2 aliphatic rings. The predicted octanol–water partition coefficient (Wildman–Crippen LogP) is 1.05. The molecule has 0 saturated heterocycles. The first-order valence-corrected chi connectivity index (χ1v) is 5.48. The minimum Gasteiger partial charge on any atom is -0.370 e. The van der Waals surface area contributed by atoms with Gasteiger partial charge in [0.25, 0.3) is 5.91 Å². The van der Waals surface area contributed by atoms with Crippen LogP contribution >= 0.6 is 0 Å². The number of carbonyl (C=O) groups is 1. The van der Waals surface area contributed by atoms with Crippen molar-refractivity contribution in [3.8, 4) is 0 Å². The van der Waals surface area contributed by atoms with Crippen LogP contribution in [0.1, 0.15) is 35.9 Å². The van der Waals surface area contributed by atoms with Crippen molar-refractivity contribution in [3.05, 3.63) is 35.4 Å². The molecule has 1 unspecified atom stereocenters. The van der Waals surface area contributed by atoms with Crippen LogP contribution in [0.15, 0.2) is 29.3 Å². The van der Waals surface area contributed by atoms with E-state index in [4.69, 9.17) is 5.73 Å². The second-order valence-electron chi connectivity index (χ2n) is 4.35. The van der Waals surface area contributed by atoms with E-state index in [9.17, 15) is 4.79 Å². The van der Waals surface area contributed by atoms with Gasteiger partial charge in [0, 0.05) is 0 Å². The smallest absolute Gasteiger partial charge is 0.256 e. The number of hydrogen-bond donors (Lipinski definition) is 2. The summed E-state index contributed by atoms with van der Waals surface area (Å²) in [5.74, 6) is 0.767. The van der Waals surface area contributed by atoms with Gasteiger partial charge < -0.3 is 5.73 Å². The molecule has 16 heavy (non-hydrogen) atoms. The van der Waals surface area contributed by atoms with Crippen molar-refractivity contribution in [2.45, 2.75) is 24.8 Å². The molecule has 4 heteroatoms. The minimum atomic E-state index is -0.460. The fourth-order valence-electron chi connectivity index (χ4n) is 2.05. The highest BCUT2D eigenvalue weighted by Gasteiger charge is 2.28. The first-order valence-electron chi connectivity index (χ1n) is 5.48. The Bertz CT molecular complexity index is 477. The van der Waals surface area contributed by atoms with Crippen LogP contribution in [0.3, 0.4) is 0 Å². The second-order valence-corrected chi connectivity index (χ2v) is 4.35. The molecule has 82 valence electrons. The number of nitrogens with zero attached hydrogens (tertiary/aromatic N) is 1. The lowest BCUT2D eigenvalue weighted by molar-refractivity contribution is -0.120. The second kappa shape index (κ2) is 3.33. The highest BCUT2D eigenvalue weighted by molar-refractivity contribution is 6.04. The fourth-order valence-corrected chi connectivity index (χ4v) is 2.05. The number of carbonyl (C=O) groups excluding carboxylic acids is 1. The van der Waals surface area contributed by atoms with Crippen LogP contribution in [0.5, 0.6) is 0 Å².